The van der Waals surface area contributed by atoms with E-state index < -0.39 is 0 Å². The summed E-state index contributed by atoms with van der Waals surface area (Å²) in [6.07, 6.45) is 2.16. The van der Waals surface area contributed by atoms with Crippen LogP contribution in [0.15, 0.2) is 42.5 Å². The molecule has 0 aliphatic carbocycles. The van der Waals surface area contributed by atoms with Crippen molar-refractivity contribution in [3.05, 3.63) is 68.3 Å². The highest BCUT2D eigenvalue weighted by Gasteiger charge is 2.16. The minimum atomic E-state index is 0.280. The van der Waals surface area contributed by atoms with E-state index in [9.17, 15) is 0 Å². The zero-order valence-electron chi connectivity index (χ0n) is 11.3. The van der Waals surface area contributed by atoms with Crippen molar-refractivity contribution in [1.29, 1.82) is 0 Å². The Morgan fingerprint density at radius 3 is 2.37 bits per heavy atom. The Kier molecular flexibility index (Phi) is 5.46. The molecule has 0 radical (unpaired) electrons. The van der Waals surface area contributed by atoms with E-state index in [1.807, 2.05) is 0 Å². The molecule has 2 heteroatoms. The summed E-state index contributed by atoms with van der Waals surface area (Å²) in [6.45, 7) is 4.43. The van der Waals surface area contributed by atoms with Gasteiger partial charge in [0.15, 0.2) is 0 Å². The average Bonchev–Trinajstić information content (AvgIpc) is 2.46. The van der Waals surface area contributed by atoms with Gasteiger partial charge in [0.05, 0.1) is 4.83 Å². The number of rotatable bonds is 4. The van der Waals surface area contributed by atoms with Crippen LogP contribution in [0.4, 0.5) is 0 Å². The highest BCUT2D eigenvalue weighted by Crippen LogP contribution is 2.36. The molecule has 2 aromatic rings. The molecule has 0 heterocycles. The van der Waals surface area contributed by atoms with Crippen LogP contribution in [0.1, 0.15) is 40.9 Å². The van der Waals surface area contributed by atoms with Crippen LogP contribution in [0.5, 0.6) is 0 Å². The van der Waals surface area contributed by atoms with Crippen molar-refractivity contribution in [1.82, 2.24) is 0 Å². The third-order valence-electron chi connectivity index (χ3n) is 3.45. The van der Waals surface area contributed by atoms with Gasteiger partial charge >= 0.3 is 0 Å². The third kappa shape index (κ3) is 3.40. The second-order valence-electron chi connectivity index (χ2n) is 4.62. The molecule has 0 spiro atoms. The number of hydrogen-bond donors (Lipinski definition) is 0. The SMILES string of the molecule is CCc1ccc(CC)c(C(Br)c2ccccc2I)c1. The Morgan fingerprint density at radius 2 is 1.74 bits per heavy atom. The highest BCUT2D eigenvalue weighted by atomic mass is 127. The summed E-state index contributed by atoms with van der Waals surface area (Å²) in [7, 11) is 0. The van der Waals surface area contributed by atoms with Crippen molar-refractivity contribution >= 4 is 38.5 Å². The Balaban J connectivity index is 2.48. The van der Waals surface area contributed by atoms with Crippen LogP contribution in [-0.2, 0) is 12.8 Å². The minimum absolute atomic E-state index is 0.280. The molecule has 0 bridgehead atoms. The molecular formula is C17H18BrI. The van der Waals surface area contributed by atoms with Crippen molar-refractivity contribution in [3.63, 3.8) is 0 Å². The van der Waals surface area contributed by atoms with Crippen molar-refractivity contribution in [2.75, 3.05) is 0 Å². The number of halogens is 2. The summed E-state index contributed by atoms with van der Waals surface area (Å²) < 4.78 is 1.31. The molecule has 1 atom stereocenters. The van der Waals surface area contributed by atoms with Gasteiger partial charge in [-0.3, -0.25) is 0 Å². The zero-order valence-corrected chi connectivity index (χ0v) is 15.0. The Hall–Kier alpha value is -0.350. The molecule has 0 amide bonds. The quantitative estimate of drug-likeness (QED) is 0.420. The maximum absolute atomic E-state index is 3.90. The first-order chi connectivity index (χ1) is 9.17. The van der Waals surface area contributed by atoms with Gasteiger partial charge in [-0.1, -0.05) is 66.2 Å². The minimum Gasteiger partial charge on any atom is -0.0786 e. The molecule has 2 rings (SSSR count). The van der Waals surface area contributed by atoms with Crippen LogP contribution in [-0.4, -0.2) is 0 Å². The number of hydrogen-bond acceptors (Lipinski definition) is 0. The molecule has 19 heavy (non-hydrogen) atoms. The summed E-state index contributed by atoms with van der Waals surface area (Å²) >= 11 is 6.31. The molecule has 1 unspecified atom stereocenters. The molecule has 0 aromatic heterocycles. The van der Waals surface area contributed by atoms with E-state index >= 15 is 0 Å². The number of benzene rings is 2. The third-order valence-corrected chi connectivity index (χ3v) is 5.42. The van der Waals surface area contributed by atoms with Crippen LogP contribution < -0.4 is 0 Å². The van der Waals surface area contributed by atoms with Crippen LogP contribution in [0.2, 0.25) is 0 Å². The lowest BCUT2D eigenvalue weighted by atomic mass is 9.95. The van der Waals surface area contributed by atoms with Gasteiger partial charge in [0, 0.05) is 3.57 Å². The van der Waals surface area contributed by atoms with Crippen LogP contribution >= 0.6 is 38.5 Å². The molecule has 2 aromatic carbocycles. The summed E-state index contributed by atoms with van der Waals surface area (Å²) in [4.78, 5) is 0.280. The first-order valence-electron chi connectivity index (χ1n) is 6.67. The van der Waals surface area contributed by atoms with E-state index in [-0.39, 0.29) is 4.83 Å². The Labute approximate surface area is 137 Å². The fraction of sp³-hybridized carbons (Fsp3) is 0.294. The van der Waals surface area contributed by atoms with Crippen molar-refractivity contribution in [2.24, 2.45) is 0 Å². The molecule has 0 N–H and O–H groups in total. The van der Waals surface area contributed by atoms with Crippen molar-refractivity contribution in [2.45, 2.75) is 31.5 Å². The predicted molar refractivity (Wildman–Crippen MR) is 95.1 cm³/mol. The van der Waals surface area contributed by atoms with Gasteiger partial charge in [0.1, 0.15) is 0 Å². The number of alkyl halides is 1. The Morgan fingerprint density at radius 1 is 1.00 bits per heavy atom. The van der Waals surface area contributed by atoms with Crippen molar-refractivity contribution in [3.8, 4) is 0 Å². The topological polar surface area (TPSA) is 0 Å². The lowest BCUT2D eigenvalue weighted by Gasteiger charge is -2.17. The summed E-state index contributed by atoms with van der Waals surface area (Å²) in [5.74, 6) is 0. The van der Waals surface area contributed by atoms with Gasteiger partial charge in [0.2, 0.25) is 0 Å². The van der Waals surface area contributed by atoms with Crippen LogP contribution in [0.3, 0.4) is 0 Å². The fourth-order valence-electron chi connectivity index (χ4n) is 2.27. The van der Waals surface area contributed by atoms with E-state index in [0.717, 1.165) is 12.8 Å². The lowest BCUT2D eigenvalue weighted by molar-refractivity contribution is 1.03. The van der Waals surface area contributed by atoms with Gasteiger partial charge in [-0.2, -0.15) is 0 Å². The van der Waals surface area contributed by atoms with Gasteiger partial charge in [-0.25, -0.2) is 0 Å². The van der Waals surface area contributed by atoms with E-state index in [0.29, 0.717) is 0 Å². The monoisotopic (exact) mass is 428 g/mol. The molecule has 0 fully saturated rings. The van der Waals surface area contributed by atoms with Gasteiger partial charge in [-0.15, -0.1) is 0 Å². The van der Waals surface area contributed by atoms with E-state index in [4.69, 9.17) is 0 Å². The Bertz CT molecular complexity index is 563. The molecule has 0 nitrogen and oxygen atoms in total. The first kappa shape index (κ1) is 15.0. The molecule has 100 valence electrons. The molecule has 0 aliphatic heterocycles. The van der Waals surface area contributed by atoms with E-state index in [1.165, 1.54) is 25.8 Å². The molecule has 0 aliphatic rings. The van der Waals surface area contributed by atoms with Crippen LogP contribution in [0.25, 0.3) is 0 Å². The first-order valence-corrected chi connectivity index (χ1v) is 8.67. The van der Waals surface area contributed by atoms with Gasteiger partial charge < -0.3 is 0 Å². The zero-order chi connectivity index (χ0) is 13.8. The van der Waals surface area contributed by atoms with Gasteiger partial charge in [-0.05, 0) is 63.8 Å². The maximum Gasteiger partial charge on any atom is 0.0657 e. The largest absolute Gasteiger partial charge is 0.0786 e. The molecule has 0 saturated heterocycles. The second kappa shape index (κ2) is 6.89. The highest BCUT2D eigenvalue weighted by molar-refractivity contribution is 14.1. The van der Waals surface area contributed by atoms with E-state index in [2.05, 4.69) is 94.8 Å². The molecule has 0 saturated carbocycles. The van der Waals surface area contributed by atoms with Gasteiger partial charge in [0.25, 0.3) is 0 Å². The van der Waals surface area contributed by atoms with Crippen LogP contribution in [0, 0.1) is 3.57 Å². The summed E-state index contributed by atoms with van der Waals surface area (Å²) in [5, 5.41) is 0. The lowest BCUT2D eigenvalue weighted by Crippen LogP contribution is -2.01. The van der Waals surface area contributed by atoms with Crippen molar-refractivity contribution < 1.29 is 0 Å². The smallest absolute Gasteiger partial charge is 0.0657 e. The number of aryl methyl sites for hydroxylation is 2. The maximum atomic E-state index is 3.90. The molecular weight excluding hydrogens is 411 g/mol. The summed E-state index contributed by atoms with van der Waals surface area (Å²) in [6, 6.07) is 15.4. The standard InChI is InChI=1S/C17H18BrI/c1-3-12-9-10-13(4-2)15(11-12)17(18)14-7-5-6-8-16(14)19/h5-11,17H,3-4H2,1-2H3. The van der Waals surface area contributed by atoms with E-state index in [1.54, 1.807) is 0 Å². The second-order valence-corrected chi connectivity index (χ2v) is 6.70. The fourth-order valence-corrected chi connectivity index (χ4v) is 4.22. The normalized spacial score (nSPS) is 12.4. The predicted octanol–water partition coefficient (Wildman–Crippen LogP) is 5.90. The average molecular weight is 429 g/mol. The summed E-state index contributed by atoms with van der Waals surface area (Å²) in [5.41, 5.74) is 5.60.